The Morgan fingerprint density at radius 1 is 1.08 bits per heavy atom. The Kier molecular flexibility index (Phi) is 6.08. The summed E-state index contributed by atoms with van der Waals surface area (Å²) in [6, 6.07) is 13.9. The fourth-order valence-electron chi connectivity index (χ4n) is 1.95. The van der Waals surface area contributed by atoms with Gasteiger partial charge in [-0.25, -0.2) is 5.43 Å². The maximum Gasteiger partial charge on any atom is 0.271 e. The molecule has 0 bridgehead atoms. The second-order valence-corrected chi connectivity index (χ2v) is 4.96. The quantitative estimate of drug-likeness (QED) is 0.633. The Bertz CT molecular complexity index is 722. The first-order valence-corrected chi connectivity index (χ1v) is 7.52. The number of hydrazone groups is 1. The van der Waals surface area contributed by atoms with Gasteiger partial charge in [-0.3, -0.25) is 9.59 Å². The number of amides is 2. The molecular formula is C18H19N3O3. The molecule has 0 saturated heterocycles. The summed E-state index contributed by atoms with van der Waals surface area (Å²) in [6.07, 6.45) is 1.55. The van der Waals surface area contributed by atoms with Crippen LogP contribution >= 0.6 is 0 Å². The molecule has 6 heteroatoms. The lowest BCUT2D eigenvalue weighted by Gasteiger charge is -2.04. The molecule has 0 aliphatic carbocycles. The van der Waals surface area contributed by atoms with Crippen LogP contribution in [0.3, 0.4) is 0 Å². The van der Waals surface area contributed by atoms with E-state index in [1.165, 1.54) is 6.92 Å². The third-order valence-corrected chi connectivity index (χ3v) is 3.04. The van der Waals surface area contributed by atoms with Gasteiger partial charge in [-0.15, -0.1) is 0 Å². The fourth-order valence-corrected chi connectivity index (χ4v) is 1.95. The van der Waals surface area contributed by atoms with Crippen LogP contribution in [0.2, 0.25) is 0 Å². The highest BCUT2D eigenvalue weighted by molar-refractivity contribution is 5.96. The first-order chi connectivity index (χ1) is 11.6. The Morgan fingerprint density at radius 2 is 1.75 bits per heavy atom. The van der Waals surface area contributed by atoms with E-state index in [1.807, 2.05) is 31.2 Å². The van der Waals surface area contributed by atoms with Crippen molar-refractivity contribution in [1.82, 2.24) is 5.43 Å². The topological polar surface area (TPSA) is 79.8 Å². The van der Waals surface area contributed by atoms with E-state index in [-0.39, 0.29) is 11.8 Å². The normalized spacial score (nSPS) is 10.4. The van der Waals surface area contributed by atoms with Gasteiger partial charge < -0.3 is 10.1 Å². The van der Waals surface area contributed by atoms with Crippen molar-refractivity contribution in [3.63, 3.8) is 0 Å². The van der Waals surface area contributed by atoms with Gasteiger partial charge in [0.1, 0.15) is 5.75 Å². The predicted octanol–water partition coefficient (Wildman–Crippen LogP) is 2.81. The molecule has 6 nitrogen and oxygen atoms in total. The minimum Gasteiger partial charge on any atom is -0.494 e. The zero-order chi connectivity index (χ0) is 17.4. The van der Waals surface area contributed by atoms with Crippen molar-refractivity contribution >= 4 is 23.7 Å². The van der Waals surface area contributed by atoms with Gasteiger partial charge in [0.25, 0.3) is 5.91 Å². The molecule has 0 heterocycles. The molecule has 0 aromatic heterocycles. The predicted molar refractivity (Wildman–Crippen MR) is 93.4 cm³/mol. The second-order valence-electron chi connectivity index (χ2n) is 4.96. The third-order valence-electron chi connectivity index (χ3n) is 3.04. The number of hydrogen-bond acceptors (Lipinski definition) is 4. The van der Waals surface area contributed by atoms with Crippen LogP contribution < -0.4 is 15.5 Å². The average molecular weight is 325 g/mol. The first kappa shape index (κ1) is 17.2. The van der Waals surface area contributed by atoms with Crippen LogP contribution in [0.15, 0.2) is 53.6 Å². The van der Waals surface area contributed by atoms with E-state index >= 15 is 0 Å². The van der Waals surface area contributed by atoms with Crippen molar-refractivity contribution in [3.8, 4) is 5.75 Å². The van der Waals surface area contributed by atoms with Gasteiger partial charge in [-0.1, -0.05) is 0 Å². The summed E-state index contributed by atoms with van der Waals surface area (Å²) in [5.74, 6) is 0.302. The van der Waals surface area contributed by atoms with Crippen LogP contribution in [-0.2, 0) is 4.79 Å². The Morgan fingerprint density at radius 3 is 2.33 bits per heavy atom. The second kappa shape index (κ2) is 8.47. The van der Waals surface area contributed by atoms with Crippen molar-refractivity contribution in [3.05, 3.63) is 59.7 Å². The molecular weight excluding hydrogens is 306 g/mol. The molecule has 0 spiro atoms. The number of rotatable bonds is 6. The largest absolute Gasteiger partial charge is 0.494 e. The van der Waals surface area contributed by atoms with Gasteiger partial charge in [0.2, 0.25) is 5.91 Å². The lowest BCUT2D eigenvalue weighted by molar-refractivity contribution is -0.114. The maximum atomic E-state index is 12.0. The molecule has 0 aliphatic rings. The SMILES string of the molecule is CCOc1ccc(/C=N\NC(=O)c2ccc(NC(C)=O)cc2)cc1. The minimum absolute atomic E-state index is 0.160. The first-order valence-electron chi connectivity index (χ1n) is 7.52. The summed E-state index contributed by atoms with van der Waals surface area (Å²) >= 11 is 0. The highest BCUT2D eigenvalue weighted by Crippen LogP contribution is 2.11. The Labute approximate surface area is 140 Å². The molecule has 0 radical (unpaired) electrons. The summed E-state index contributed by atoms with van der Waals surface area (Å²) in [5, 5.41) is 6.57. The number of benzene rings is 2. The smallest absolute Gasteiger partial charge is 0.271 e. The molecule has 0 aliphatic heterocycles. The van der Waals surface area contributed by atoms with Crippen molar-refractivity contribution in [2.75, 3.05) is 11.9 Å². The van der Waals surface area contributed by atoms with Crippen molar-refractivity contribution in [2.45, 2.75) is 13.8 Å². The number of nitrogens with one attached hydrogen (secondary N) is 2. The molecule has 0 atom stereocenters. The molecule has 2 amide bonds. The van der Waals surface area contributed by atoms with E-state index in [2.05, 4.69) is 15.8 Å². The molecule has 2 aromatic rings. The number of carbonyl (C=O) groups excluding carboxylic acids is 2. The lowest BCUT2D eigenvalue weighted by Crippen LogP contribution is -2.17. The van der Waals surface area contributed by atoms with E-state index in [0.29, 0.717) is 17.9 Å². The van der Waals surface area contributed by atoms with E-state index in [1.54, 1.807) is 30.5 Å². The zero-order valence-electron chi connectivity index (χ0n) is 13.6. The van der Waals surface area contributed by atoms with E-state index in [9.17, 15) is 9.59 Å². The highest BCUT2D eigenvalue weighted by atomic mass is 16.5. The van der Waals surface area contributed by atoms with Gasteiger partial charge in [0, 0.05) is 18.2 Å². The van der Waals surface area contributed by atoms with E-state index in [0.717, 1.165) is 11.3 Å². The molecule has 2 aromatic carbocycles. The number of nitrogens with zero attached hydrogens (tertiary/aromatic N) is 1. The number of carbonyl (C=O) groups is 2. The standard InChI is InChI=1S/C18H19N3O3/c1-3-24-17-10-4-14(5-11-17)12-19-21-18(23)15-6-8-16(9-7-15)20-13(2)22/h4-12H,3H2,1-2H3,(H,20,22)(H,21,23)/b19-12-. The van der Waals surface area contributed by atoms with Crippen molar-refractivity contribution < 1.29 is 14.3 Å². The van der Waals surface area contributed by atoms with E-state index in [4.69, 9.17) is 4.74 Å². The van der Waals surface area contributed by atoms with Crippen LogP contribution in [0.25, 0.3) is 0 Å². The van der Waals surface area contributed by atoms with Crippen molar-refractivity contribution in [1.29, 1.82) is 0 Å². The van der Waals surface area contributed by atoms with Crippen LogP contribution in [-0.4, -0.2) is 24.6 Å². The van der Waals surface area contributed by atoms with Crippen LogP contribution in [0.5, 0.6) is 5.75 Å². The third kappa shape index (κ3) is 5.24. The zero-order valence-corrected chi connectivity index (χ0v) is 13.6. The monoisotopic (exact) mass is 325 g/mol. The van der Waals surface area contributed by atoms with Gasteiger partial charge in [0.15, 0.2) is 0 Å². The van der Waals surface area contributed by atoms with Gasteiger partial charge in [-0.2, -0.15) is 5.10 Å². The number of hydrogen-bond donors (Lipinski definition) is 2. The molecule has 0 unspecified atom stereocenters. The van der Waals surface area contributed by atoms with Crippen molar-refractivity contribution in [2.24, 2.45) is 5.10 Å². The molecule has 0 saturated carbocycles. The average Bonchev–Trinajstić information content (AvgIpc) is 2.57. The lowest BCUT2D eigenvalue weighted by atomic mass is 10.2. The van der Waals surface area contributed by atoms with Crippen LogP contribution in [0, 0.1) is 0 Å². The Balaban J connectivity index is 1.90. The van der Waals surface area contributed by atoms with Gasteiger partial charge >= 0.3 is 0 Å². The maximum absolute atomic E-state index is 12.0. The number of anilines is 1. The van der Waals surface area contributed by atoms with Gasteiger partial charge in [-0.05, 0) is 61.0 Å². The number of ether oxygens (including phenoxy) is 1. The minimum atomic E-state index is -0.327. The van der Waals surface area contributed by atoms with Crippen LogP contribution in [0.4, 0.5) is 5.69 Å². The molecule has 124 valence electrons. The molecule has 0 fully saturated rings. The van der Waals surface area contributed by atoms with E-state index < -0.39 is 0 Å². The summed E-state index contributed by atoms with van der Waals surface area (Å²) in [6.45, 7) is 3.97. The Hall–Kier alpha value is -3.15. The molecule has 24 heavy (non-hydrogen) atoms. The molecule has 2 N–H and O–H groups in total. The van der Waals surface area contributed by atoms with Crippen LogP contribution in [0.1, 0.15) is 29.8 Å². The fraction of sp³-hybridized carbons (Fsp3) is 0.167. The highest BCUT2D eigenvalue weighted by Gasteiger charge is 2.04. The van der Waals surface area contributed by atoms with Gasteiger partial charge in [0.05, 0.1) is 12.8 Å². The molecule has 2 rings (SSSR count). The summed E-state index contributed by atoms with van der Waals surface area (Å²) in [5.41, 5.74) is 4.39. The summed E-state index contributed by atoms with van der Waals surface area (Å²) in [7, 11) is 0. The summed E-state index contributed by atoms with van der Waals surface area (Å²) in [4.78, 5) is 22.9. The summed E-state index contributed by atoms with van der Waals surface area (Å²) < 4.78 is 5.35.